The largest absolute Gasteiger partial charge is 0.460 e. The molecular formula is C48H83ClINO7. The molecule has 6 saturated carbocycles. The van der Waals surface area contributed by atoms with Crippen molar-refractivity contribution in [3.8, 4) is 0 Å². The normalized spacial score (nSPS) is 25.7. The first-order valence-corrected chi connectivity index (χ1v) is 24.6. The number of carbonyl (C=O) groups excluding carboxylic acids is 4. The molecule has 10 heteroatoms. The van der Waals surface area contributed by atoms with Crippen molar-refractivity contribution in [3.63, 3.8) is 0 Å². The molecule has 0 aromatic heterocycles. The van der Waals surface area contributed by atoms with Gasteiger partial charge in [-0.05, 0) is 194 Å². The summed E-state index contributed by atoms with van der Waals surface area (Å²) in [4.78, 5) is 46.0. The Morgan fingerprint density at radius 2 is 1.02 bits per heavy atom. The summed E-state index contributed by atoms with van der Waals surface area (Å²) in [5, 5.41) is 0. The lowest BCUT2D eigenvalue weighted by Crippen LogP contribution is -2.28. The van der Waals surface area contributed by atoms with E-state index in [1.165, 1.54) is 89.0 Å². The van der Waals surface area contributed by atoms with Crippen molar-refractivity contribution in [1.29, 1.82) is 0 Å². The van der Waals surface area contributed by atoms with Crippen LogP contribution in [0.15, 0.2) is 12.2 Å². The number of hydrogen-bond acceptors (Lipinski definition) is 8. The van der Waals surface area contributed by atoms with Crippen LogP contribution in [0.25, 0.3) is 0 Å². The zero-order valence-corrected chi connectivity index (χ0v) is 41.1. The molecule has 0 saturated heterocycles. The molecule has 6 fully saturated rings. The van der Waals surface area contributed by atoms with Crippen molar-refractivity contribution in [2.45, 2.75) is 233 Å². The van der Waals surface area contributed by atoms with Crippen LogP contribution in [-0.4, -0.2) is 50.4 Å². The van der Waals surface area contributed by atoms with Crippen LogP contribution in [0.2, 0.25) is 0 Å². The van der Waals surface area contributed by atoms with Gasteiger partial charge in [0.25, 0.3) is 0 Å². The van der Waals surface area contributed by atoms with Crippen LogP contribution in [0.5, 0.6) is 0 Å². The van der Waals surface area contributed by atoms with Crippen molar-refractivity contribution in [2.24, 2.45) is 34.3 Å². The maximum atomic E-state index is 11.7. The highest BCUT2D eigenvalue weighted by Gasteiger charge is 2.46. The molecule has 58 heavy (non-hydrogen) atoms. The number of hydrogen-bond donors (Lipinski definition) is 1. The first-order chi connectivity index (χ1) is 26.8. The van der Waals surface area contributed by atoms with Gasteiger partial charge in [-0.25, -0.2) is 0 Å². The Bertz CT molecular complexity index is 1250. The van der Waals surface area contributed by atoms with E-state index in [-0.39, 0.29) is 40.8 Å². The second kappa shape index (κ2) is 24.4. The molecule has 6 aliphatic carbocycles. The molecule has 0 aliphatic heterocycles. The predicted molar refractivity (Wildman–Crippen MR) is 246 cm³/mol. The predicted octanol–water partition coefficient (Wildman–Crippen LogP) is 12.9. The number of ether oxygens (including phenoxy) is 3. The van der Waals surface area contributed by atoms with Crippen molar-refractivity contribution >= 4 is 57.9 Å². The van der Waals surface area contributed by atoms with E-state index in [4.69, 9.17) is 31.5 Å². The van der Waals surface area contributed by atoms with Gasteiger partial charge in [0.15, 0.2) is 0 Å². The highest BCUT2D eigenvalue weighted by atomic mass is 127. The topological polar surface area (TPSA) is 122 Å². The van der Waals surface area contributed by atoms with Gasteiger partial charge >= 0.3 is 17.9 Å². The van der Waals surface area contributed by atoms with Gasteiger partial charge in [-0.15, -0.1) is 11.6 Å². The van der Waals surface area contributed by atoms with Crippen LogP contribution in [0.4, 0.5) is 0 Å². The van der Waals surface area contributed by atoms with Gasteiger partial charge in [0, 0.05) is 38.1 Å². The third kappa shape index (κ3) is 24.9. The molecule has 4 atom stereocenters. The van der Waals surface area contributed by atoms with Crippen LogP contribution in [-0.2, 0) is 33.4 Å². The molecule has 0 bridgehead atoms. The van der Waals surface area contributed by atoms with Gasteiger partial charge in [-0.2, -0.15) is 0 Å². The van der Waals surface area contributed by atoms with Crippen LogP contribution in [0, 0.1) is 28.6 Å². The lowest BCUT2D eigenvalue weighted by molar-refractivity contribution is -0.157. The third-order valence-electron chi connectivity index (χ3n) is 11.9. The Kier molecular flexibility index (Phi) is 22.3. The van der Waals surface area contributed by atoms with E-state index in [1.807, 2.05) is 62.3 Å². The van der Waals surface area contributed by atoms with E-state index in [2.05, 4.69) is 29.2 Å². The molecule has 336 valence electrons. The second-order valence-electron chi connectivity index (χ2n) is 21.5. The third-order valence-corrected chi connectivity index (χ3v) is 11.9. The Balaban J connectivity index is 0.000000264. The summed E-state index contributed by atoms with van der Waals surface area (Å²) in [6.45, 7) is 21.1. The molecule has 0 amide bonds. The van der Waals surface area contributed by atoms with E-state index in [9.17, 15) is 19.2 Å². The van der Waals surface area contributed by atoms with E-state index in [1.54, 1.807) is 0 Å². The van der Waals surface area contributed by atoms with E-state index in [0.717, 1.165) is 37.5 Å². The minimum absolute atomic E-state index is 0.00444. The number of ketones is 1. The SMILES string of the molecule is C=C1CCCC(CC(=O)OC(C)(C)C)C1.CC(C)(C)OC(=O)CC1CCCC(=O)C1.CC(C)(C)OC(=O)CC1CCCC2(CC2)C1.ClCI.NC1CCCC2(CC2)C1. The molecule has 0 aromatic rings. The fourth-order valence-corrected chi connectivity index (χ4v) is 9.09. The molecule has 0 radical (unpaired) electrons. The molecule has 2 N–H and O–H groups in total. The highest BCUT2D eigenvalue weighted by molar-refractivity contribution is 14.1. The monoisotopic (exact) mass is 947 g/mol. The number of Topliss-reactive ketones (excluding diaryl/α,β-unsaturated/α-hetero) is 1. The molecule has 0 aromatic carbocycles. The minimum atomic E-state index is -0.421. The summed E-state index contributed by atoms with van der Waals surface area (Å²) in [5.41, 5.74) is 7.46. The summed E-state index contributed by atoms with van der Waals surface area (Å²) in [5.74, 6) is 1.29. The summed E-state index contributed by atoms with van der Waals surface area (Å²) in [7, 11) is 0. The van der Waals surface area contributed by atoms with E-state index in [0.29, 0.717) is 59.3 Å². The molecule has 2 spiro atoms. The fraction of sp³-hybridized carbons (Fsp3) is 0.875. The zero-order valence-electron chi connectivity index (χ0n) is 38.2. The van der Waals surface area contributed by atoms with Crippen LogP contribution >= 0.6 is 34.2 Å². The van der Waals surface area contributed by atoms with E-state index < -0.39 is 5.60 Å². The Morgan fingerprint density at radius 3 is 1.40 bits per heavy atom. The molecule has 6 rings (SSSR count). The minimum Gasteiger partial charge on any atom is -0.460 e. The van der Waals surface area contributed by atoms with Crippen LogP contribution in [0.3, 0.4) is 0 Å². The first kappa shape index (κ1) is 52.9. The first-order valence-electron chi connectivity index (χ1n) is 22.6. The van der Waals surface area contributed by atoms with Gasteiger partial charge in [-0.1, -0.05) is 47.6 Å². The fourth-order valence-electron chi connectivity index (χ4n) is 9.09. The van der Waals surface area contributed by atoms with Crippen LogP contribution in [0.1, 0.15) is 210 Å². The van der Waals surface area contributed by atoms with Crippen molar-refractivity contribution in [1.82, 2.24) is 0 Å². The van der Waals surface area contributed by atoms with Gasteiger partial charge in [-0.3, -0.25) is 19.2 Å². The Morgan fingerprint density at radius 1 is 0.638 bits per heavy atom. The number of alkyl halides is 2. The maximum absolute atomic E-state index is 11.7. The number of carbonyl (C=O) groups is 4. The number of nitrogens with two attached hydrogens (primary N) is 1. The molecule has 4 unspecified atom stereocenters. The Hall–Kier alpha value is -1.20. The average molecular weight is 949 g/mol. The zero-order chi connectivity index (χ0) is 43.8. The van der Waals surface area contributed by atoms with Gasteiger partial charge < -0.3 is 19.9 Å². The molecule has 8 nitrogen and oxygen atoms in total. The average Bonchev–Trinajstić information content (AvgIpc) is 3.98. The summed E-state index contributed by atoms with van der Waals surface area (Å²) < 4.78 is 16.6. The second-order valence-corrected chi connectivity index (χ2v) is 23.4. The van der Waals surface area contributed by atoms with Crippen molar-refractivity contribution in [3.05, 3.63) is 12.2 Å². The van der Waals surface area contributed by atoms with E-state index >= 15 is 0 Å². The van der Waals surface area contributed by atoms with Crippen molar-refractivity contribution in [2.75, 3.05) is 3.89 Å². The number of esters is 3. The van der Waals surface area contributed by atoms with Gasteiger partial charge in [0.1, 0.15) is 22.6 Å². The lowest BCUT2D eigenvalue weighted by atomic mass is 9.78. The summed E-state index contributed by atoms with van der Waals surface area (Å²) >= 11 is 7.04. The number of allylic oxidation sites excluding steroid dienone is 1. The Labute approximate surface area is 372 Å². The van der Waals surface area contributed by atoms with Crippen molar-refractivity contribution < 1.29 is 33.4 Å². The standard InChI is InChI=1S/C14H24O2.C13H22O2.C12H20O3.C8H15N.CH2ClI/c1-13(2,3)16-12(15)9-11-5-4-6-14(10-11)7-8-14;1-10-6-5-7-11(8-10)9-12(14)15-13(2,3)4;1-12(2,3)15-11(14)8-9-5-4-6-10(13)7-9;9-7-2-1-3-8(6-7)4-5-8;2-1-3/h11H,4-10H2,1-3H3;11H,1,5-9H2,2-4H3;9H,4-8H2,1-3H3;7H,1-6,9H2;1H2. The van der Waals surface area contributed by atoms with Gasteiger partial charge in [0.05, 0.1) is 3.89 Å². The molecular weight excluding hydrogens is 865 g/mol. The smallest absolute Gasteiger partial charge is 0.306 e. The maximum Gasteiger partial charge on any atom is 0.306 e. The summed E-state index contributed by atoms with van der Waals surface area (Å²) in [6.07, 6.45) is 25.6. The highest BCUT2D eigenvalue weighted by Crippen LogP contribution is 2.58. The summed E-state index contributed by atoms with van der Waals surface area (Å²) in [6, 6.07) is 0.543. The number of rotatable bonds is 6. The molecule has 6 aliphatic rings. The number of halogens is 2. The molecule has 0 heterocycles. The quantitative estimate of drug-likeness (QED) is 0.0918. The van der Waals surface area contributed by atoms with Gasteiger partial charge in [0.2, 0.25) is 0 Å². The lowest BCUT2D eigenvalue weighted by Gasteiger charge is -2.29. The van der Waals surface area contributed by atoms with Crippen LogP contribution < -0.4 is 5.73 Å².